The predicted molar refractivity (Wildman–Crippen MR) is 125 cm³/mol. The van der Waals surface area contributed by atoms with Crippen LogP contribution in [0.3, 0.4) is 0 Å². The molecule has 1 aromatic carbocycles. The van der Waals surface area contributed by atoms with Crippen molar-refractivity contribution in [2.45, 2.75) is 25.2 Å². The number of nitrogens with zero attached hydrogens (tertiary/aromatic N) is 2. The van der Waals surface area contributed by atoms with E-state index in [-0.39, 0.29) is 53.6 Å². The van der Waals surface area contributed by atoms with Crippen LogP contribution in [0.25, 0.3) is 0 Å². The van der Waals surface area contributed by atoms with Gasteiger partial charge in [-0.25, -0.2) is 0 Å². The average molecular weight is 497 g/mol. The van der Waals surface area contributed by atoms with Gasteiger partial charge in [0, 0.05) is 25.2 Å². The molecule has 2 atom stereocenters. The highest BCUT2D eigenvalue weighted by atomic mass is 35.5. The Kier molecular flexibility index (Phi) is 8.74. The Morgan fingerprint density at radius 2 is 1.97 bits per heavy atom. The molecule has 3 N–H and O–H groups in total. The number of amides is 1. The number of methoxy groups -OCH3 is 2. The fourth-order valence-corrected chi connectivity index (χ4v) is 3.83. The van der Waals surface area contributed by atoms with Crippen LogP contribution >= 0.6 is 23.2 Å². The van der Waals surface area contributed by atoms with E-state index in [4.69, 9.17) is 43.1 Å². The molecule has 3 rings (SSSR count). The number of nitrogens with two attached hydrogens (primary N) is 1. The molecule has 1 amide bonds. The van der Waals surface area contributed by atoms with Gasteiger partial charge < -0.3 is 25.3 Å². The molecule has 9 nitrogen and oxygen atoms in total. The molecule has 178 valence electrons. The number of nitrogens with one attached hydrogen (secondary N) is 1. The quantitative estimate of drug-likeness (QED) is 0.535. The standard InChI is InChI=1S/C22H26Cl2N4O5/c1-31-18-10-28(11-19(29)33-12-13-3-5-14(23)6-4-13)8-7-17(18)26-21(30)15-9-16(24)20(25)27-22(15)32-2/h3-6,9,17-18H,7-8,10-12H2,1-2H3,(H2,25,27)(H,26,30)/t17-,18+/m1/s1. The highest BCUT2D eigenvalue weighted by Crippen LogP contribution is 2.25. The number of halogens is 2. The SMILES string of the molecule is COc1nc(N)c(Cl)cc1C(=O)N[C@@H]1CCN(CC(=O)OCc2ccc(Cl)cc2)C[C@@H]1OC. The number of benzene rings is 1. The Bertz CT molecular complexity index is 989. The summed E-state index contributed by atoms with van der Waals surface area (Å²) in [6.07, 6.45) is 0.252. The van der Waals surface area contributed by atoms with Gasteiger partial charge in [-0.15, -0.1) is 0 Å². The van der Waals surface area contributed by atoms with Crippen molar-refractivity contribution in [2.75, 3.05) is 39.6 Å². The van der Waals surface area contributed by atoms with Crippen LogP contribution in [0, 0.1) is 0 Å². The van der Waals surface area contributed by atoms with Crippen molar-refractivity contribution >= 4 is 40.9 Å². The van der Waals surface area contributed by atoms with Crippen LogP contribution in [0.15, 0.2) is 30.3 Å². The molecule has 0 unspecified atom stereocenters. The van der Waals surface area contributed by atoms with Crippen molar-refractivity contribution in [3.05, 3.63) is 51.5 Å². The topological polar surface area (TPSA) is 116 Å². The Morgan fingerprint density at radius 3 is 2.64 bits per heavy atom. The maximum atomic E-state index is 12.8. The number of hydrogen-bond donors (Lipinski definition) is 2. The molecule has 2 heterocycles. The summed E-state index contributed by atoms with van der Waals surface area (Å²) in [4.78, 5) is 31.0. The second-order valence-electron chi connectivity index (χ2n) is 7.58. The van der Waals surface area contributed by atoms with Crippen molar-refractivity contribution in [2.24, 2.45) is 0 Å². The number of anilines is 1. The second kappa shape index (κ2) is 11.5. The van der Waals surface area contributed by atoms with Crippen LogP contribution in [-0.4, -0.2) is 67.8 Å². The number of carbonyl (C=O) groups is 2. The molecule has 11 heteroatoms. The molecule has 0 bridgehead atoms. The van der Waals surface area contributed by atoms with Gasteiger partial charge in [-0.3, -0.25) is 14.5 Å². The third kappa shape index (κ3) is 6.70. The van der Waals surface area contributed by atoms with Gasteiger partial charge in [-0.2, -0.15) is 4.98 Å². The number of nitrogen functional groups attached to an aromatic ring is 1. The molecule has 0 saturated carbocycles. The first-order valence-corrected chi connectivity index (χ1v) is 11.0. The zero-order chi connectivity index (χ0) is 24.0. The van der Waals surface area contributed by atoms with Gasteiger partial charge in [0.2, 0.25) is 5.88 Å². The minimum absolute atomic E-state index is 0.0797. The van der Waals surface area contributed by atoms with E-state index in [0.29, 0.717) is 24.5 Å². The van der Waals surface area contributed by atoms with Gasteiger partial charge in [0.15, 0.2) is 0 Å². The number of aromatic nitrogens is 1. The molecule has 1 saturated heterocycles. The summed E-state index contributed by atoms with van der Waals surface area (Å²) in [7, 11) is 2.96. The van der Waals surface area contributed by atoms with E-state index >= 15 is 0 Å². The molecule has 0 spiro atoms. The number of pyridine rings is 1. The fourth-order valence-electron chi connectivity index (χ4n) is 3.55. The zero-order valence-corrected chi connectivity index (χ0v) is 19.9. The largest absolute Gasteiger partial charge is 0.480 e. The Balaban J connectivity index is 1.54. The molecular formula is C22H26Cl2N4O5. The summed E-state index contributed by atoms with van der Waals surface area (Å²) in [6, 6.07) is 8.26. The van der Waals surface area contributed by atoms with E-state index in [1.165, 1.54) is 13.2 Å². The van der Waals surface area contributed by atoms with Gasteiger partial charge >= 0.3 is 5.97 Å². The highest BCUT2D eigenvalue weighted by molar-refractivity contribution is 6.33. The summed E-state index contributed by atoms with van der Waals surface area (Å²) >= 11 is 11.9. The maximum Gasteiger partial charge on any atom is 0.320 e. The van der Waals surface area contributed by atoms with Gasteiger partial charge in [-0.1, -0.05) is 35.3 Å². The molecule has 1 aromatic heterocycles. The number of piperidine rings is 1. The third-order valence-corrected chi connectivity index (χ3v) is 5.89. The van der Waals surface area contributed by atoms with Crippen LogP contribution in [-0.2, 0) is 20.9 Å². The minimum atomic E-state index is -0.399. The van der Waals surface area contributed by atoms with Crippen molar-refractivity contribution in [1.29, 1.82) is 0 Å². The summed E-state index contributed by atoms with van der Waals surface area (Å²) in [5.41, 5.74) is 6.72. The maximum absolute atomic E-state index is 12.8. The number of carbonyl (C=O) groups excluding carboxylic acids is 2. The van der Waals surface area contributed by atoms with E-state index in [1.807, 2.05) is 17.0 Å². The van der Waals surface area contributed by atoms with Crippen LogP contribution in [0.5, 0.6) is 5.88 Å². The summed E-state index contributed by atoms with van der Waals surface area (Å²) in [5.74, 6) is -0.570. The number of rotatable bonds is 8. The number of hydrogen-bond acceptors (Lipinski definition) is 8. The number of esters is 1. The Labute approximate surface area is 202 Å². The monoisotopic (exact) mass is 496 g/mol. The molecule has 0 radical (unpaired) electrons. The van der Waals surface area contributed by atoms with E-state index in [2.05, 4.69) is 10.3 Å². The number of likely N-dealkylation sites (tertiary alicyclic amines) is 1. The summed E-state index contributed by atoms with van der Waals surface area (Å²) in [5, 5.41) is 3.73. The summed E-state index contributed by atoms with van der Waals surface area (Å²) < 4.78 is 16.1. The van der Waals surface area contributed by atoms with Crippen LogP contribution in [0.2, 0.25) is 10.0 Å². The van der Waals surface area contributed by atoms with E-state index in [1.54, 1.807) is 19.2 Å². The van der Waals surface area contributed by atoms with Crippen molar-refractivity contribution in [3.8, 4) is 5.88 Å². The van der Waals surface area contributed by atoms with Crippen molar-refractivity contribution in [3.63, 3.8) is 0 Å². The molecule has 1 fully saturated rings. The Morgan fingerprint density at radius 1 is 1.24 bits per heavy atom. The smallest absolute Gasteiger partial charge is 0.320 e. The second-order valence-corrected chi connectivity index (χ2v) is 8.42. The number of ether oxygens (including phenoxy) is 3. The van der Waals surface area contributed by atoms with Crippen molar-refractivity contribution < 1.29 is 23.8 Å². The molecule has 1 aliphatic heterocycles. The first-order valence-electron chi connectivity index (χ1n) is 10.3. The zero-order valence-electron chi connectivity index (χ0n) is 18.3. The Hall–Kier alpha value is -2.59. The predicted octanol–water partition coefficient (Wildman–Crippen LogP) is 2.54. The highest BCUT2D eigenvalue weighted by Gasteiger charge is 2.32. The van der Waals surface area contributed by atoms with Crippen LogP contribution in [0.1, 0.15) is 22.3 Å². The lowest BCUT2D eigenvalue weighted by atomic mass is 10.0. The summed E-state index contributed by atoms with van der Waals surface area (Å²) in [6.45, 7) is 1.34. The first-order chi connectivity index (χ1) is 15.8. The van der Waals surface area contributed by atoms with Crippen LogP contribution in [0.4, 0.5) is 5.82 Å². The van der Waals surface area contributed by atoms with Crippen LogP contribution < -0.4 is 15.8 Å². The van der Waals surface area contributed by atoms with Gasteiger partial charge in [0.25, 0.3) is 5.91 Å². The lowest BCUT2D eigenvalue weighted by molar-refractivity contribution is -0.147. The van der Waals surface area contributed by atoms with Gasteiger partial charge in [-0.05, 0) is 30.2 Å². The molecular weight excluding hydrogens is 471 g/mol. The van der Waals surface area contributed by atoms with Gasteiger partial charge in [0.1, 0.15) is 18.0 Å². The first kappa shape index (κ1) is 25.0. The van der Waals surface area contributed by atoms with E-state index in [0.717, 1.165) is 5.56 Å². The lowest BCUT2D eigenvalue weighted by Crippen LogP contribution is -2.55. The van der Waals surface area contributed by atoms with E-state index < -0.39 is 5.91 Å². The molecule has 2 aromatic rings. The fraction of sp³-hybridized carbons (Fsp3) is 0.409. The normalized spacial score (nSPS) is 18.5. The molecule has 33 heavy (non-hydrogen) atoms. The lowest BCUT2D eigenvalue weighted by Gasteiger charge is -2.37. The third-order valence-electron chi connectivity index (χ3n) is 5.33. The van der Waals surface area contributed by atoms with E-state index in [9.17, 15) is 9.59 Å². The molecule has 1 aliphatic rings. The van der Waals surface area contributed by atoms with Crippen molar-refractivity contribution in [1.82, 2.24) is 15.2 Å². The van der Waals surface area contributed by atoms with Gasteiger partial charge in [0.05, 0.1) is 30.8 Å². The minimum Gasteiger partial charge on any atom is -0.480 e. The average Bonchev–Trinajstić information content (AvgIpc) is 2.81. The molecule has 0 aliphatic carbocycles.